The maximum atomic E-state index is 12.8. The Kier molecular flexibility index (Phi) is 5.54. The van der Waals surface area contributed by atoms with Crippen LogP contribution in [0.25, 0.3) is 0 Å². The third-order valence-electron chi connectivity index (χ3n) is 4.81. The van der Waals surface area contributed by atoms with Gasteiger partial charge in [0.25, 0.3) is 5.91 Å². The number of carbonyl (C=O) groups excluding carboxylic acids is 2. The Morgan fingerprint density at radius 1 is 1.15 bits per heavy atom. The average Bonchev–Trinajstić information content (AvgIpc) is 3.06. The van der Waals surface area contributed by atoms with Gasteiger partial charge in [-0.1, -0.05) is 29.3 Å². The third kappa shape index (κ3) is 3.71. The highest BCUT2D eigenvalue weighted by molar-refractivity contribution is 6.35. The summed E-state index contributed by atoms with van der Waals surface area (Å²) in [5.74, 6) is 0.0232. The Balaban J connectivity index is 1.76. The molecule has 0 aliphatic carbocycles. The molecule has 2 aromatic rings. The van der Waals surface area contributed by atoms with Crippen LogP contribution < -0.4 is 4.90 Å². The predicted octanol–water partition coefficient (Wildman–Crippen LogP) is 4.95. The van der Waals surface area contributed by atoms with Gasteiger partial charge in [-0.25, -0.2) is 0 Å². The van der Waals surface area contributed by atoms with E-state index in [0.717, 1.165) is 24.2 Å². The second kappa shape index (κ2) is 7.68. The molecule has 0 N–H and O–H groups in total. The van der Waals surface area contributed by atoms with E-state index >= 15 is 0 Å². The summed E-state index contributed by atoms with van der Waals surface area (Å²) in [6.07, 6.45) is 1.46. The lowest BCUT2D eigenvalue weighted by Gasteiger charge is -2.26. The molecule has 6 heteroatoms. The van der Waals surface area contributed by atoms with E-state index in [-0.39, 0.29) is 17.9 Å². The zero-order chi connectivity index (χ0) is 18.8. The van der Waals surface area contributed by atoms with Crippen molar-refractivity contribution in [1.29, 1.82) is 0 Å². The third-order valence-corrected chi connectivity index (χ3v) is 5.38. The van der Waals surface area contributed by atoms with E-state index in [1.807, 2.05) is 25.1 Å². The van der Waals surface area contributed by atoms with Crippen LogP contribution in [0.4, 0.5) is 5.69 Å². The van der Waals surface area contributed by atoms with Gasteiger partial charge in [-0.3, -0.25) is 9.59 Å². The quantitative estimate of drug-likeness (QED) is 0.740. The van der Waals surface area contributed by atoms with Crippen molar-refractivity contribution >= 4 is 40.7 Å². The maximum absolute atomic E-state index is 12.8. The monoisotopic (exact) mass is 390 g/mol. The molecule has 1 heterocycles. The summed E-state index contributed by atoms with van der Waals surface area (Å²) in [6, 6.07) is 12.2. The van der Waals surface area contributed by atoms with Gasteiger partial charge in [-0.2, -0.15) is 0 Å². The van der Waals surface area contributed by atoms with Crippen molar-refractivity contribution in [3.05, 3.63) is 63.6 Å². The Morgan fingerprint density at radius 3 is 2.42 bits per heavy atom. The fraction of sp³-hybridized carbons (Fsp3) is 0.300. The molecule has 0 radical (unpaired) electrons. The number of benzene rings is 2. The molecule has 0 saturated carbocycles. The van der Waals surface area contributed by atoms with Crippen LogP contribution in [0.5, 0.6) is 0 Å². The molecule has 1 aliphatic rings. The molecule has 2 amide bonds. The molecule has 3 rings (SSSR count). The van der Waals surface area contributed by atoms with Gasteiger partial charge < -0.3 is 9.80 Å². The Hall–Kier alpha value is -2.04. The predicted molar refractivity (Wildman–Crippen MR) is 105 cm³/mol. The number of halogens is 2. The normalized spacial score (nSPS) is 15.2. The molecule has 1 aliphatic heterocycles. The van der Waals surface area contributed by atoms with Gasteiger partial charge in [0, 0.05) is 41.3 Å². The summed E-state index contributed by atoms with van der Waals surface area (Å²) in [4.78, 5) is 28.0. The highest BCUT2D eigenvalue weighted by atomic mass is 35.5. The van der Waals surface area contributed by atoms with Crippen molar-refractivity contribution in [2.45, 2.75) is 25.8 Å². The lowest BCUT2D eigenvalue weighted by Crippen LogP contribution is -2.30. The second-order valence-electron chi connectivity index (χ2n) is 6.45. The summed E-state index contributed by atoms with van der Waals surface area (Å²) >= 11 is 12.2. The van der Waals surface area contributed by atoms with Gasteiger partial charge in [0.1, 0.15) is 0 Å². The zero-order valence-corrected chi connectivity index (χ0v) is 16.2. The smallest absolute Gasteiger partial charge is 0.254 e. The summed E-state index contributed by atoms with van der Waals surface area (Å²) in [7, 11) is 1.75. The first-order chi connectivity index (χ1) is 12.4. The fourth-order valence-electron chi connectivity index (χ4n) is 3.13. The molecule has 1 fully saturated rings. The van der Waals surface area contributed by atoms with Crippen molar-refractivity contribution in [2.24, 2.45) is 0 Å². The first kappa shape index (κ1) is 18.7. The van der Waals surface area contributed by atoms with E-state index in [1.165, 1.54) is 0 Å². The summed E-state index contributed by atoms with van der Waals surface area (Å²) < 4.78 is 0. The van der Waals surface area contributed by atoms with Crippen molar-refractivity contribution in [3.8, 4) is 0 Å². The van der Waals surface area contributed by atoms with Crippen molar-refractivity contribution < 1.29 is 9.59 Å². The molecule has 0 aromatic heterocycles. The summed E-state index contributed by atoms with van der Waals surface area (Å²) in [6.45, 7) is 2.66. The zero-order valence-electron chi connectivity index (χ0n) is 14.7. The van der Waals surface area contributed by atoms with Gasteiger partial charge in [0.2, 0.25) is 5.91 Å². The van der Waals surface area contributed by atoms with Crippen LogP contribution >= 0.6 is 23.2 Å². The molecular weight excluding hydrogens is 371 g/mol. The molecule has 1 atom stereocenters. The van der Waals surface area contributed by atoms with Gasteiger partial charge >= 0.3 is 0 Å². The van der Waals surface area contributed by atoms with Crippen LogP contribution in [-0.2, 0) is 4.79 Å². The van der Waals surface area contributed by atoms with Gasteiger partial charge in [-0.15, -0.1) is 0 Å². The number of carbonyl (C=O) groups is 2. The molecule has 1 unspecified atom stereocenters. The Morgan fingerprint density at radius 2 is 1.85 bits per heavy atom. The molecule has 4 nitrogen and oxygen atoms in total. The first-order valence-electron chi connectivity index (χ1n) is 8.51. The topological polar surface area (TPSA) is 40.6 Å². The van der Waals surface area contributed by atoms with Crippen LogP contribution in [0.2, 0.25) is 10.0 Å². The molecule has 26 heavy (non-hydrogen) atoms. The van der Waals surface area contributed by atoms with Gasteiger partial charge in [0.05, 0.1) is 6.04 Å². The summed E-state index contributed by atoms with van der Waals surface area (Å²) in [5, 5.41) is 1.10. The van der Waals surface area contributed by atoms with Gasteiger partial charge in [0.15, 0.2) is 0 Å². The van der Waals surface area contributed by atoms with Crippen LogP contribution in [-0.4, -0.2) is 30.3 Å². The van der Waals surface area contributed by atoms with Crippen molar-refractivity contribution in [1.82, 2.24) is 4.90 Å². The van der Waals surface area contributed by atoms with Crippen molar-refractivity contribution in [3.63, 3.8) is 0 Å². The Labute approximate surface area is 163 Å². The van der Waals surface area contributed by atoms with Crippen LogP contribution in [0.3, 0.4) is 0 Å². The highest BCUT2D eigenvalue weighted by Crippen LogP contribution is 2.30. The first-order valence-corrected chi connectivity index (χ1v) is 9.26. The Bertz CT molecular complexity index is 836. The largest absolute Gasteiger partial charge is 0.335 e. The molecule has 2 aromatic carbocycles. The lowest BCUT2D eigenvalue weighted by molar-refractivity contribution is -0.117. The van der Waals surface area contributed by atoms with E-state index in [9.17, 15) is 9.59 Å². The second-order valence-corrected chi connectivity index (χ2v) is 7.30. The minimum atomic E-state index is -0.202. The van der Waals surface area contributed by atoms with Crippen LogP contribution in [0.15, 0.2) is 42.5 Å². The number of hydrogen-bond donors (Lipinski definition) is 0. The average molecular weight is 391 g/mol. The number of hydrogen-bond acceptors (Lipinski definition) is 2. The van der Waals surface area contributed by atoms with E-state index < -0.39 is 0 Å². The van der Waals surface area contributed by atoms with E-state index in [0.29, 0.717) is 22.0 Å². The lowest BCUT2D eigenvalue weighted by atomic mass is 10.1. The highest BCUT2D eigenvalue weighted by Gasteiger charge is 2.23. The molecule has 1 saturated heterocycles. The fourth-order valence-corrected chi connectivity index (χ4v) is 3.70. The minimum absolute atomic E-state index is 0.109. The number of anilines is 1. The SMILES string of the molecule is CC(c1ccc(Cl)cc1Cl)N(C)C(=O)c1ccc(N2CCCC2=O)cc1. The maximum Gasteiger partial charge on any atom is 0.254 e. The molecular formula is C20H20Cl2N2O2. The van der Waals surface area contributed by atoms with E-state index in [4.69, 9.17) is 23.2 Å². The standard InChI is InChI=1S/C20H20Cl2N2O2/c1-13(17-10-7-15(21)12-18(17)22)23(2)20(26)14-5-8-16(9-6-14)24-11-3-4-19(24)25/h5-10,12-13H,3-4,11H2,1-2H3. The van der Waals surface area contributed by atoms with Crippen LogP contribution in [0.1, 0.15) is 41.7 Å². The molecule has 0 bridgehead atoms. The van der Waals surface area contributed by atoms with Crippen LogP contribution in [0, 0.1) is 0 Å². The number of rotatable bonds is 4. The van der Waals surface area contributed by atoms with E-state index in [1.54, 1.807) is 41.1 Å². The molecule has 0 spiro atoms. The van der Waals surface area contributed by atoms with E-state index in [2.05, 4.69) is 0 Å². The van der Waals surface area contributed by atoms with Gasteiger partial charge in [-0.05, 0) is 55.3 Å². The van der Waals surface area contributed by atoms with Crippen molar-refractivity contribution in [2.75, 3.05) is 18.5 Å². The molecule has 136 valence electrons. The number of nitrogens with zero attached hydrogens (tertiary/aromatic N) is 2. The number of amides is 2. The minimum Gasteiger partial charge on any atom is -0.335 e. The summed E-state index contributed by atoms with van der Waals surface area (Å²) in [5.41, 5.74) is 2.24.